The van der Waals surface area contributed by atoms with Gasteiger partial charge in [-0.25, -0.2) is 9.59 Å². The van der Waals surface area contributed by atoms with E-state index in [9.17, 15) is 23.5 Å². The van der Waals surface area contributed by atoms with Crippen molar-refractivity contribution in [1.29, 1.82) is 0 Å². The summed E-state index contributed by atoms with van der Waals surface area (Å²) in [5, 5.41) is 9.57. The summed E-state index contributed by atoms with van der Waals surface area (Å²) in [7, 11) is 0. The molecule has 0 bridgehead atoms. The highest BCUT2D eigenvalue weighted by molar-refractivity contribution is 5.81. The maximum Gasteiger partial charge on any atom is 0.411 e. The highest BCUT2D eigenvalue weighted by atomic mass is 19.3. The lowest BCUT2D eigenvalue weighted by Gasteiger charge is -2.26. The fourth-order valence-corrected chi connectivity index (χ4v) is 3.41. The summed E-state index contributed by atoms with van der Waals surface area (Å²) < 4.78 is 41.0. The molecule has 0 unspecified atom stereocenters. The maximum atomic E-state index is 12.7. The molecule has 1 aromatic carbocycles. The van der Waals surface area contributed by atoms with Gasteiger partial charge in [0.2, 0.25) is 0 Å². The molecule has 1 aromatic rings. The van der Waals surface area contributed by atoms with Gasteiger partial charge >= 0.3 is 18.7 Å². The Morgan fingerprint density at radius 1 is 1.23 bits per heavy atom. The Bertz CT molecular complexity index is 790. The predicted molar refractivity (Wildman–Crippen MR) is 103 cm³/mol. The van der Waals surface area contributed by atoms with Crippen LogP contribution in [-0.2, 0) is 9.53 Å². The highest BCUT2D eigenvalue weighted by Crippen LogP contribution is 2.39. The minimum absolute atomic E-state index is 0.0637. The van der Waals surface area contributed by atoms with E-state index in [0.717, 1.165) is 12.8 Å². The lowest BCUT2D eigenvalue weighted by atomic mass is 9.96. The van der Waals surface area contributed by atoms with E-state index in [1.165, 1.54) is 11.0 Å². The van der Waals surface area contributed by atoms with E-state index >= 15 is 0 Å². The number of rotatable bonds is 7. The molecule has 0 radical (unpaired) electrons. The van der Waals surface area contributed by atoms with Crippen LogP contribution in [0.2, 0.25) is 0 Å². The highest BCUT2D eigenvalue weighted by Gasteiger charge is 2.42. The zero-order valence-electron chi connectivity index (χ0n) is 17.3. The number of benzene rings is 1. The summed E-state index contributed by atoms with van der Waals surface area (Å²) in [6.07, 6.45) is 1.57. The van der Waals surface area contributed by atoms with Crippen molar-refractivity contribution < 1.29 is 37.7 Å². The Morgan fingerprint density at radius 2 is 1.93 bits per heavy atom. The van der Waals surface area contributed by atoms with Crippen LogP contribution in [0, 0.1) is 5.92 Å². The molecule has 1 amide bonds. The van der Waals surface area contributed by atoms with Crippen LogP contribution in [0.3, 0.4) is 0 Å². The summed E-state index contributed by atoms with van der Waals surface area (Å²) in [6, 6.07) is 3.57. The number of aliphatic carboxylic acids is 1. The van der Waals surface area contributed by atoms with E-state index in [0.29, 0.717) is 18.1 Å². The number of hydrogen-bond acceptors (Lipinski definition) is 5. The number of carbonyl (C=O) groups excluding carboxylic acids is 1. The Morgan fingerprint density at radius 3 is 2.50 bits per heavy atom. The van der Waals surface area contributed by atoms with Crippen LogP contribution >= 0.6 is 0 Å². The van der Waals surface area contributed by atoms with Gasteiger partial charge in [0.15, 0.2) is 11.5 Å². The Labute approximate surface area is 173 Å². The smallest absolute Gasteiger partial charge is 0.411 e. The van der Waals surface area contributed by atoms with Crippen molar-refractivity contribution in [1.82, 2.24) is 4.90 Å². The van der Waals surface area contributed by atoms with E-state index in [-0.39, 0.29) is 30.4 Å². The topological polar surface area (TPSA) is 85.3 Å². The third-order valence-electron chi connectivity index (χ3n) is 5.04. The molecule has 3 rings (SSSR count). The zero-order chi connectivity index (χ0) is 22.1. The number of nitrogens with zero attached hydrogens (tertiary/aromatic N) is 1. The van der Waals surface area contributed by atoms with E-state index in [2.05, 4.69) is 4.74 Å². The molecule has 2 aliphatic rings. The van der Waals surface area contributed by atoms with Gasteiger partial charge in [-0.2, -0.15) is 8.78 Å². The van der Waals surface area contributed by atoms with Crippen molar-refractivity contribution in [2.45, 2.75) is 64.2 Å². The number of carboxylic acid groups (broad SMARTS) is 1. The summed E-state index contributed by atoms with van der Waals surface area (Å²) in [6.45, 7) is 2.70. The Kier molecular flexibility index (Phi) is 6.38. The third kappa shape index (κ3) is 5.73. The van der Waals surface area contributed by atoms with E-state index in [1.54, 1.807) is 32.9 Å². The van der Waals surface area contributed by atoms with Crippen molar-refractivity contribution in [3.05, 3.63) is 23.8 Å². The first-order valence-corrected chi connectivity index (χ1v) is 9.97. The molecule has 1 saturated carbocycles. The molecule has 1 heterocycles. The molecule has 2 atom stereocenters. The van der Waals surface area contributed by atoms with Crippen LogP contribution in [0.15, 0.2) is 18.2 Å². The van der Waals surface area contributed by atoms with Gasteiger partial charge in [0.1, 0.15) is 11.6 Å². The van der Waals surface area contributed by atoms with Crippen LogP contribution in [0.25, 0.3) is 0 Å². The van der Waals surface area contributed by atoms with Crippen LogP contribution in [0.5, 0.6) is 11.5 Å². The molecular formula is C21H27F2NO6. The fourth-order valence-electron chi connectivity index (χ4n) is 3.41. The molecule has 9 heteroatoms. The van der Waals surface area contributed by atoms with Crippen molar-refractivity contribution in [2.24, 2.45) is 5.92 Å². The molecule has 1 aliphatic carbocycles. The fraction of sp³-hybridized carbons (Fsp3) is 0.619. The minimum atomic E-state index is -2.98. The first-order chi connectivity index (χ1) is 14.0. The van der Waals surface area contributed by atoms with Gasteiger partial charge in [0.05, 0.1) is 6.61 Å². The van der Waals surface area contributed by atoms with Gasteiger partial charge in [0.25, 0.3) is 0 Å². The lowest BCUT2D eigenvalue weighted by Crippen LogP contribution is -2.43. The molecule has 30 heavy (non-hydrogen) atoms. The predicted octanol–water partition coefficient (Wildman–Crippen LogP) is 4.25. The molecule has 7 nitrogen and oxygen atoms in total. The van der Waals surface area contributed by atoms with Gasteiger partial charge < -0.3 is 19.3 Å². The normalized spacial score (nSPS) is 21.6. The number of carbonyl (C=O) groups is 2. The second-order valence-corrected chi connectivity index (χ2v) is 8.76. The molecule has 0 aromatic heterocycles. The summed E-state index contributed by atoms with van der Waals surface area (Å²) in [5.74, 6) is -0.874. The molecule has 1 saturated heterocycles. The van der Waals surface area contributed by atoms with Gasteiger partial charge in [-0.1, -0.05) is 6.07 Å². The molecular weight excluding hydrogens is 400 g/mol. The van der Waals surface area contributed by atoms with Crippen LogP contribution in [-0.4, -0.2) is 53.5 Å². The minimum Gasteiger partial charge on any atom is -0.489 e. The monoisotopic (exact) mass is 427 g/mol. The zero-order valence-corrected chi connectivity index (χ0v) is 17.3. The molecule has 166 valence electrons. The second-order valence-electron chi connectivity index (χ2n) is 8.76. The lowest BCUT2D eigenvalue weighted by molar-refractivity contribution is -0.142. The third-order valence-corrected chi connectivity index (χ3v) is 5.04. The van der Waals surface area contributed by atoms with Gasteiger partial charge in [-0.05, 0) is 63.6 Å². The molecule has 1 N–H and O–H groups in total. The van der Waals surface area contributed by atoms with Crippen molar-refractivity contribution >= 4 is 12.1 Å². The van der Waals surface area contributed by atoms with E-state index in [4.69, 9.17) is 9.47 Å². The first-order valence-electron chi connectivity index (χ1n) is 9.97. The van der Waals surface area contributed by atoms with Crippen molar-refractivity contribution in [3.8, 4) is 11.5 Å². The van der Waals surface area contributed by atoms with Crippen molar-refractivity contribution in [3.63, 3.8) is 0 Å². The van der Waals surface area contributed by atoms with Gasteiger partial charge in [0, 0.05) is 12.5 Å². The van der Waals surface area contributed by atoms with Crippen LogP contribution in [0.4, 0.5) is 13.6 Å². The van der Waals surface area contributed by atoms with E-state index in [1.807, 2.05) is 0 Å². The summed E-state index contributed by atoms with van der Waals surface area (Å²) in [4.78, 5) is 25.4. The molecule has 2 fully saturated rings. The SMILES string of the molecule is CC(C)(C)OC(=O)N1C[C@@H](c2ccc(OC(F)F)c(OCC3CC3)c2)C[C@H]1C(=O)O. The molecule has 0 spiro atoms. The number of carboxylic acids is 1. The number of likely N-dealkylation sites (tertiary alicyclic amines) is 1. The number of hydrogen-bond donors (Lipinski definition) is 1. The average Bonchev–Trinajstić information content (AvgIpc) is 3.34. The van der Waals surface area contributed by atoms with Crippen molar-refractivity contribution in [2.75, 3.05) is 13.2 Å². The number of ether oxygens (including phenoxy) is 3. The Hall–Kier alpha value is -2.58. The quantitative estimate of drug-likeness (QED) is 0.700. The van der Waals surface area contributed by atoms with Crippen LogP contribution < -0.4 is 9.47 Å². The summed E-state index contributed by atoms with van der Waals surface area (Å²) in [5.41, 5.74) is -0.0595. The summed E-state index contributed by atoms with van der Waals surface area (Å²) >= 11 is 0. The standard InChI is InChI=1S/C21H27F2NO6/c1-21(2,3)30-20(27)24-10-14(8-15(24)18(25)26)13-6-7-16(29-19(22)23)17(9-13)28-11-12-4-5-12/h6-7,9,12,14-15,19H,4-5,8,10-11H2,1-3H3,(H,25,26)/t14-,15-/m0/s1. The van der Waals surface area contributed by atoms with Gasteiger partial charge in [-0.15, -0.1) is 0 Å². The number of alkyl halides is 2. The molecule has 1 aliphatic heterocycles. The second kappa shape index (κ2) is 8.65. The average molecular weight is 427 g/mol. The Balaban J connectivity index is 1.80. The van der Waals surface area contributed by atoms with Crippen LogP contribution in [0.1, 0.15) is 51.5 Å². The number of amides is 1. The number of halogens is 2. The van der Waals surface area contributed by atoms with E-state index < -0.39 is 30.3 Å². The van der Waals surface area contributed by atoms with Gasteiger partial charge in [-0.3, -0.25) is 4.90 Å². The first kappa shape index (κ1) is 22.1. The largest absolute Gasteiger partial charge is 0.489 e. The maximum absolute atomic E-state index is 12.7.